The van der Waals surface area contributed by atoms with Crippen molar-refractivity contribution in [2.75, 3.05) is 36.9 Å². The number of anilines is 2. The molecule has 24 heavy (non-hydrogen) atoms. The number of carbonyl (C=O) groups is 2. The normalized spacial score (nSPS) is 15.8. The zero-order valence-electron chi connectivity index (χ0n) is 14.8. The molecule has 6 heteroatoms. The lowest BCUT2D eigenvalue weighted by Crippen LogP contribution is -2.39. The summed E-state index contributed by atoms with van der Waals surface area (Å²) in [6.07, 6.45) is 1.52. The summed E-state index contributed by atoms with van der Waals surface area (Å²) >= 11 is 0. The monoisotopic (exact) mass is 332 g/mol. The van der Waals surface area contributed by atoms with Gasteiger partial charge in [-0.3, -0.25) is 14.5 Å². The first-order valence-corrected chi connectivity index (χ1v) is 8.52. The average Bonchev–Trinajstić information content (AvgIpc) is 2.55. The van der Waals surface area contributed by atoms with E-state index >= 15 is 0 Å². The van der Waals surface area contributed by atoms with Crippen LogP contribution >= 0.6 is 0 Å². The van der Waals surface area contributed by atoms with E-state index in [0.29, 0.717) is 12.6 Å². The van der Waals surface area contributed by atoms with E-state index in [9.17, 15) is 9.59 Å². The minimum Gasteiger partial charge on any atom is -0.370 e. The van der Waals surface area contributed by atoms with Crippen LogP contribution in [0.3, 0.4) is 0 Å². The zero-order valence-corrected chi connectivity index (χ0v) is 14.8. The van der Waals surface area contributed by atoms with Crippen LogP contribution in [0.1, 0.15) is 26.7 Å². The van der Waals surface area contributed by atoms with Gasteiger partial charge in [-0.25, -0.2) is 0 Å². The molecule has 1 aromatic rings. The molecule has 1 aromatic carbocycles. The number of nitrogens with one attached hydrogen (secondary N) is 1. The van der Waals surface area contributed by atoms with Gasteiger partial charge >= 0.3 is 0 Å². The predicted molar refractivity (Wildman–Crippen MR) is 97.0 cm³/mol. The van der Waals surface area contributed by atoms with Crippen LogP contribution in [0.25, 0.3) is 0 Å². The van der Waals surface area contributed by atoms with E-state index in [0.717, 1.165) is 37.3 Å². The van der Waals surface area contributed by atoms with Crippen molar-refractivity contribution in [2.24, 2.45) is 11.7 Å². The van der Waals surface area contributed by atoms with Crippen molar-refractivity contribution in [2.45, 2.75) is 32.7 Å². The third kappa shape index (κ3) is 4.71. The highest BCUT2D eigenvalue weighted by Gasteiger charge is 2.24. The molecule has 0 aliphatic carbocycles. The summed E-state index contributed by atoms with van der Waals surface area (Å²) in [5.74, 6) is -0.277. The molecule has 1 aliphatic heterocycles. The minimum atomic E-state index is -0.215. The van der Waals surface area contributed by atoms with E-state index in [-0.39, 0.29) is 17.7 Å². The lowest BCUT2D eigenvalue weighted by molar-refractivity contribution is -0.122. The molecule has 2 rings (SSSR count). The summed E-state index contributed by atoms with van der Waals surface area (Å²) < 4.78 is 0. The molecule has 1 fully saturated rings. The number of rotatable bonds is 6. The molecule has 1 aliphatic rings. The van der Waals surface area contributed by atoms with Crippen LogP contribution in [-0.2, 0) is 9.59 Å². The molecule has 2 amide bonds. The van der Waals surface area contributed by atoms with Crippen LogP contribution in [0.5, 0.6) is 0 Å². The van der Waals surface area contributed by atoms with Crippen LogP contribution in [0.2, 0.25) is 0 Å². The molecule has 6 nitrogen and oxygen atoms in total. The van der Waals surface area contributed by atoms with Crippen molar-refractivity contribution >= 4 is 23.2 Å². The predicted octanol–water partition coefficient (Wildman–Crippen LogP) is 1.67. The van der Waals surface area contributed by atoms with E-state index in [2.05, 4.69) is 24.1 Å². The number of para-hydroxylation sites is 2. The summed E-state index contributed by atoms with van der Waals surface area (Å²) in [6, 6.07) is 8.13. The Morgan fingerprint density at radius 2 is 1.92 bits per heavy atom. The second-order valence-corrected chi connectivity index (χ2v) is 6.74. The molecule has 0 spiro atoms. The third-order valence-corrected chi connectivity index (χ3v) is 4.69. The maximum atomic E-state index is 12.3. The number of hydrogen-bond acceptors (Lipinski definition) is 4. The third-order valence-electron chi connectivity index (χ3n) is 4.69. The molecule has 1 saturated heterocycles. The minimum absolute atomic E-state index is 0.0225. The second-order valence-electron chi connectivity index (χ2n) is 6.74. The molecule has 3 N–H and O–H groups in total. The fourth-order valence-corrected chi connectivity index (χ4v) is 2.86. The quantitative estimate of drug-likeness (QED) is 0.830. The van der Waals surface area contributed by atoms with Crippen molar-refractivity contribution in [3.05, 3.63) is 24.3 Å². The Balaban J connectivity index is 2.03. The van der Waals surface area contributed by atoms with Gasteiger partial charge in [0.05, 0.1) is 17.9 Å². The van der Waals surface area contributed by atoms with Crippen LogP contribution in [-0.4, -0.2) is 49.4 Å². The largest absolute Gasteiger partial charge is 0.370 e. The van der Waals surface area contributed by atoms with Gasteiger partial charge in [0.2, 0.25) is 11.8 Å². The zero-order chi connectivity index (χ0) is 17.7. The highest BCUT2D eigenvalue weighted by molar-refractivity contribution is 5.95. The highest BCUT2D eigenvalue weighted by atomic mass is 16.2. The summed E-state index contributed by atoms with van der Waals surface area (Å²) in [5, 5.41) is 3.01. The number of nitrogens with zero attached hydrogens (tertiary/aromatic N) is 2. The van der Waals surface area contributed by atoms with Gasteiger partial charge in [-0.2, -0.15) is 0 Å². The molecule has 132 valence electrons. The van der Waals surface area contributed by atoms with Gasteiger partial charge in [-0.1, -0.05) is 12.1 Å². The van der Waals surface area contributed by atoms with Crippen LogP contribution < -0.4 is 16.0 Å². The molecule has 0 radical (unpaired) electrons. The Kier molecular flexibility index (Phi) is 6.20. The molecular formula is C18H28N4O2. The number of primary amides is 1. The maximum absolute atomic E-state index is 12.3. The molecule has 0 atom stereocenters. The van der Waals surface area contributed by atoms with Gasteiger partial charge in [0.1, 0.15) is 0 Å². The van der Waals surface area contributed by atoms with Gasteiger partial charge in [-0.05, 0) is 45.9 Å². The number of amides is 2. The van der Waals surface area contributed by atoms with Gasteiger partial charge < -0.3 is 16.0 Å². The Labute approximate surface area is 144 Å². The maximum Gasteiger partial charge on any atom is 0.238 e. The number of benzene rings is 1. The number of hydrogen-bond donors (Lipinski definition) is 2. The number of carbonyl (C=O) groups excluding carboxylic acids is 2. The SMILES string of the molecule is CC(C)N(C)CC(=O)Nc1ccccc1N1CCC(C(N)=O)CC1. The molecule has 0 bridgehead atoms. The van der Waals surface area contributed by atoms with Crippen LogP contribution in [0.4, 0.5) is 11.4 Å². The average molecular weight is 332 g/mol. The summed E-state index contributed by atoms with van der Waals surface area (Å²) in [5.41, 5.74) is 7.22. The van der Waals surface area contributed by atoms with Crippen molar-refractivity contribution in [1.82, 2.24) is 4.90 Å². The number of piperidine rings is 1. The van der Waals surface area contributed by atoms with Crippen molar-refractivity contribution in [1.29, 1.82) is 0 Å². The van der Waals surface area contributed by atoms with Crippen LogP contribution in [0, 0.1) is 5.92 Å². The van der Waals surface area contributed by atoms with Gasteiger partial charge in [0, 0.05) is 25.0 Å². The molecule has 1 heterocycles. The van der Waals surface area contributed by atoms with Crippen molar-refractivity contribution in [3.8, 4) is 0 Å². The lowest BCUT2D eigenvalue weighted by Gasteiger charge is -2.33. The van der Waals surface area contributed by atoms with Crippen molar-refractivity contribution < 1.29 is 9.59 Å². The van der Waals surface area contributed by atoms with Crippen molar-refractivity contribution in [3.63, 3.8) is 0 Å². The Hall–Kier alpha value is -2.08. The summed E-state index contributed by atoms with van der Waals surface area (Å²) in [7, 11) is 1.94. The second kappa shape index (κ2) is 8.15. The topological polar surface area (TPSA) is 78.7 Å². The standard InChI is InChI=1S/C18H28N4O2/c1-13(2)21(3)12-17(23)20-15-6-4-5-7-16(15)22-10-8-14(9-11-22)18(19)24/h4-7,13-14H,8-12H2,1-3H3,(H2,19,24)(H,20,23). The Bertz CT molecular complexity index is 580. The first-order chi connectivity index (χ1) is 11.4. The number of likely N-dealkylation sites (N-methyl/N-ethyl adjacent to an activating group) is 1. The van der Waals surface area contributed by atoms with E-state index in [4.69, 9.17) is 5.73 Å². The molecule has 0 saturated carbocycles. The summed E-state index contributed by atoms with van der Waals surface area (Å²) in [6.45, 7) is 6.02. The van der Waals surface area contributed by atoms with E-state index in [1.165, 1.54) is 0 Å². The first-order valence-electron chi connectivity index (χ1n) is 8.52. The van der Waals surface area contributed by atoms with Crippen LogP contribution in [0.15, 0.2) is 24.3 Å². The molecular weight excluding hydrogens is 304 g/mol. The van der Waals surface area contributed by atoms with Gasteiger partial charge in [0.15, 0.2) is 0 Å². The molecule has 0 unspecified atom stereocenters. The Morgan fingerprint density at radius 1 is 1.29 bits per heavy atom. The molecule has 0 aromatic heterocycles. The Morgan fingerprint density at radius 3 is 2.50 bits per heavy atom. The highest BCUT2D eigenvalue weighted by Crippen LogP contribution is 2.29. The van der Waals surface area contributed by atoms with E-state index in [1.807, 2.05) is 36.2 Å². The fourth-order valence-electron chi connectivity index (χ4n) is 2.86. The fraction of sp³-hybridized carbons (Fsp3) is 0.556. The number of nitrogens with two attached hydrogens (primary N) is 1. The first kappa shape index (κ1) is 18.3. The smallest absolute Gasteiger partial charge is 0.238 e. The van der Waals surface area contributed by atoms with E-state index < -0.39 is 0 Å². The summed E-state index contributed by atoms with van der Waals surface area (Å²) in [4.78, 5) is 27.8. The van der Waals surface area contributed by atoms with Gasteiger partial charge in [-0.15, -0.1) is 0 Å². The van der Waals surface area contributed by atoms with E-state index in [1.54, 1.807) is 0 Å². The van der Waals surface area contributed by atoms with Gasteiger partial charge in [0.25, 0.3) is 0 Å². The lowest BCUT2D eigenvalue weighted by atomic mass is 9.96.